The third-order valence-corrected chi connectivity index (χ3v) is 7.41. The third kappa shape index (κ3) is 4.90. The number of thiophene rings is 1. The van der Waals surface area contributed by atoms with Crippen LogP contribution in [0.2, 0.25) is 0 Å². The Morgan fingerprint density at radius 3 is 2.52 bits per heavy atom. The summed E-state index contributed by atoms with van der Waals surface area (Å²) >= 11 is 1.17. The first-order valence-electron chi connectivity index (χ1n) is 9.13. The molecule has 0 aliphatic carbocycles. The molecule has 2 heterocycles. The number of nitrogens with one attached hydrogen (secondary N) is 1. The molecule has 1 atom stereocenters. The van der Waals surface area contributed by atoms with Gasteiger partial charge in [-0.25, -0.2) is 8.42 Å². The fourth-order valence-corrected chi connectivity index (χ4v) is 5.54. The van der Waals surface area contributed by atoms with Crippen LogP contribution >= 0.6 is 11.3 Å². The summed E-state index contributed by atoms with van der Waals surface area (Å²) in [7, 11) is -3.57. The predicted octanol–water partition coefficient (Wildman–Crippen LogP) is 4.59. The van der Waals surface area contributed by atoms with E-state index in [1.54, 1.807) is 41.8 Å². The Morgan fingerprint density at radius 2 is 1.93 bits per heavy atom. The van der Waals surface area contributed by atoms with E-state index in [9.17, 15) is 13.2 Å². The number of carbonyl (C=O) groups excluding carboxylic acids is 1. The minimum atomic E-state index is -3.57. The molecule has 5 nitrogen and oxygen atoms in total. The number of sulfonamides is 1. The zero-order valence-electron chi connectivity index (χ0n) is 15.9. The molecule has 1 aliphatic rings. The maximum atomic E-state index is 12.9. The number of carbonyl (C=O) groups is 1. The van der Waals surface area contributed by atoms with Crippen molar-refractivity contribution in [3.63, 3.8) is 0 Å². The maximum absolute atomic E-state index is 12.9. The van der Waals surface area contributed by atoms with Gasteiger partial charge in [-0.2, -0.15) is 0 Å². The van der Waals surface area contributed by atoms with Crippen molar-refractivity contribution in [2.75, 3.05) is 11.3 Å². The summed E-state index contributed by atoms with van der Waals surface area (Å²) in [6, 6.07) is 10.2. The van der Waals surface area contributed by atoms with Crippen molar-refractivity contribution in [2.45, 2.75) is 50.3 Å². The molecule has 1 aliphatic heterocycles. The molecule has 0 spiro atoms. The number of hydrogen-bond donors (Lipinski definition) is 1. The predicted molar refractivity (Wildman–Crippen MR) is 110 cm³/mol. The largest absolute Gasteiger partial charge is 0.336 e. The van der Waals surface area contributed by atoms with Gasteiger partial charge in [-0.15, -0.1) is 11.3 Å². The second-order valence-corrected chi connectivity index (χ2v) is 11.0. The van der Waals surface area contributed by atoms with E-state index < -0.39 is 10.0 Å². The lowest BCUT2D eigenvalue weighted by atomic mass is 9.87. The molecule has 0 bridgehead atoms. The van der Waals surface area contributed by atoms with Gasteiger partial charge in [-0.1, -0.05) is 26.8 Å². The quantitative estimate of drug-likeness (QED) is 0.790. The van der Waals surface area contributed by atoms with Crippen LogP contribution in [0.3, 0.4) is 0 Å². The highest BCUT2D eigenvalue weighted by Gasteiger charge is 2.32. The van der Waals surface area contributed by atoms with Crippen LogP contribution in [0.15, 0.2) is 46.0 Å². The van der Waals surface area contributed by atoms with Gasteiger partial charge in [0.05, 0.1) is 0 Å². The molecule has 1 amide bonds. The summed E-state index contributed by atoms with van der Waals surface area (Å²) in [5, 5.41) is 1.72. The molecule has 3 rings (SSSR count). The number of amides is 1. The average Bonchev–Trinajstić information content (AvgIpc) is 3.25. The molecule has 1 saturated heterocycles. The first-order chi connectivity index (χ1) is 12.7. The van der Waals surface area contributed by atoms with Crippen molar-refractivity contribution in [1.29, 1.82) is 0 Å². The zero-order valence-corrected chi connectivity index (χ0v) is 17.6. The minimum Gasteiger partial charge on any atom is -0.336 e. The number of likely N-dealkylation sites (tertiary alicyclic amines) is 1. The number of rotatable bonds is 5. The van der Waals surface area contributed by atoms with E-state index in [1.165, 1.54) is 11.3 Å². The Hall–Kier alpha value is -1.86. The highest BCUT2D eigenvalue weighted by molar-refractivity contribution is 7.94. The van der Waals surface area contributed by atoms with E-state index in [-0.39, 0.29) is 21.6 Å². The standard InChI is InChI=1S/C20H26N2O3S2/c1-20(2,3)14-17-6-4-12-22(17)19(23)15-8-10-16(11-9-15)21-27(24,25)18-7-5-13-26-18/h5,7-11,13,17,21H,4,6,12,14H2,1-3H3. The molecular formula is C20H26N2O3S2. The highest BCUT2D eigenvalue weighted by atomic mass is 32.2. The number of anilines is 1. The molecular weight excluding hydrogens is 380 g/mol. The summed E-state index contributed by atoms with van der Waals surface area (Å²) < 4.78 is 27.4. The van der Waals surface area contributed by atoms with E-state index in [4.69, 9.17) is 0 Å². The van der Waals surface area contributed by atoms with Gasteiger partial charge < -0.3 is 4.90 Å². The molecule has 1 aromatic heterocycles. The lowest BCUT2D eigenvalue weighted by Crippen LogP contribution is -2.37. The van der Waals surface area contributed by atoms with Crippen LogP contribution in [0.25, 0.3) is 0 Å². The van der Waals surface area contributed by atoms with E-state index >= 15 is 0 Å². The molecule has 1 unspecified atom stereocenters. The number of nitrogens with zero attached hydrogens (tertiary/aromatic N) is 1. The molecule has 2 aromatic rings. The Balaban J connectivity index is 1.70. The van der Waals surface area contributed by atoms with Gasteiger partial charge >= 0.3 is 0 Å². The number of benzene rings is 1. The molecule has 27 heavy (non-hydrogen) atoms. The Labute approximate surface area is 165 Å². The monoisotopic (exact) mass is 406 g/mol. The second kappa shape index (κ2) is 7.64. The smallest absolute Gasteiger partial charge is 0.271 e. The van der Waals surface area contributed by atoms with Crippen LogP contribution in [0.5, 0.6) is 0 Å². The van der Waals surface area contributed by atoms with Crippen LogP contribution in [0.1, 0.15) is 50.4 Å². The van der Waals surface area contributed by atoms with Gasteiger partial charge in [0.2, 0.25) is 0 Å². The minimum absolute atomic E-state index is 0.0226. The fourth-order valence-electron chi connectivity index (χ4n) is 3.49. The molecule has 0 radical (unpaired) electrons. The molecule has 1 fully saturated rings. The Bertz CT molecular complexity index is 882. The topological polar surface area (TPSA) is 66.5 Å². The Kier molecular flexibility index (Phi) is 5.63. The normalized spacial score (nSPS) is 17.9. The van der Waals surface area contributed by atoms with Crippen molar-refractivity contribution in [2.24, 2.45) is 5.41 Å². The van der Waals surface area contributed by atoms with E-state index in [0.717, 1.165) is 25.8 Å². The summed E-state index contributed by atoms with van der Waals surface area (Å²) in [6.45, 7) is 7.37. The van der Waals surface area contributed by atoms with Crippen LogP contribution in [0.4, 0.5) is 5.69 Å². The Morgan fingerprint density at radius 1 is 1.22 bits per heavy atom. The zero-order chi connectivity index (χ0) is 19.7. The fraction of sp³-hybridized carbons (Fsp3) is 0.450. The van der Waals surface area contributed by atoms with Crippen LogP contribution in [-0.2, 0) is 10.0 Å². The summed E-state index contributed by atoms with van der Waals surface area (Å²) in [6.07, 6.45) is 3.06. The van der Waals surface area contributed by atoms with Gasteiger partial charge in [0.15, 0.2) is 0 Å². The summed E-state index contributed by atoms with van der Waals surface area (Å²) in [4.78, 5) is 14.9. The third-order valence-electron chi connectivity index (χ3n) is 4.63. The van der Waals surface area contributed by atoms with Crippen LogP contribution < -0.4 is 4.72 Å². The summed E-state index contributed by atoms with van der Waals surface area (Å²) in [5.74, 6) is 0.0226. The maximum Gasteiger partial charge on any atom is 0.271 e. The van der Waals surface area contributed by atoms with Gasteiger partial charge in [-0.3, -0.25) is 9.52 Å². The lowest BCUT2D eigenvalue weighted by Gasteiger charge is -2.30. The van der Waals surface area contributed by atoms with Crippen molar-refractivity contribution >= 4 is 33.0 Å². The van der Waals surface area contributed by atoms with Gasteiger partial charge in [-0.05, 0) is 60.4 Å². The molecule has 1 aromatic carbocycles. The molecule has 1 N–H and O–H groups in total. The van der Waals surface area contributed by atoms with Crippen LogP contribution in [-0.4, -0.2) is 31.8 Å². The van der Waals surface area contributed by atoms with E-state index in [2.05, 4.69) is 25.5 Å². The van der Waals surface area contributed by atoms with Crippen molar-refractivity contribution in [1.82, 2.24) is 4.90 Å². The van der Waals surface area contributed by atoms with Crippen LogP contribution in [0, 0.1) is 5.41 Å². The number of hydrogen-bond acceptors (Lipinski definition) is 4. The average molecular weight is 407 g/mol. The molecule has 7 heteroatoms. The van der Waals surface area contributed by atoms with E-state index in [1.807, 2.05) is 4.90 Å². The lowest BCUT2D eigenvalue weighted by molar-refractivity contribution is 0.0704. The SMILES string of the molecule is CC(C)(C)CC1CCCN1C(=O)c1ccc(NS(=O)(=O)c2cccs2)cc1. The molecule has 146 valence electrons. The van der Waals surface area contributed by atoms with Crippen molar-refractivity contribution in [3.8, 4) is 0 Å². The van der Waals surface area contributed by atoms with Crippen molar-refractivity contribution in [3.05, 3.63) is 47.3 Å². The van der Waals surface area contributed by atoms with Gasteiger partial charge in [0.25, 0.3) is 15.9 Å². The second-order valence-electron chi connectivity index (χ2n) is 8.17. The summed E-state index contributed by atoms with van der Waals surface area (Å²) in [5.41, 5.74) is 1.22. The highest BCUT2D eigenvalue weighted by Crippen LogP contribution is 2.31. The van der Waals surface area contributed by atoms with E-state index in [0.29, 0.717) is 11.3 Å². The van der Waals surface area contributed by atoms with Gasteiger partial charge in [0.1, 0.15) is 4.21 Å². The molecule has 0 saturated carbocycles. The first-order valence-corrected chi connectivity index (χ1v) is 11.5. The van der Waals surface area contributed by atoms with Gasteiger partial charge in [0, 0.05) is 23.8 Å². The van der Waals surface area contributed by atoms with Crippen molar-refractivity contribution < 1.29 is 13.2 Å². The first kappa shape index (κ1) is 19.9.